The summed E-state index contributed by atoms with van der Waals surface area (Å²) < 4.78 is 12.6. The molecule has 0 rings (SSSR count). The fraction of sp³-hybridized carbons (Fsp3) is 0.800. The average molecular weight is 149 g/mol. The number of carbonyl (C=O) groups is 1. The lowest BCUT2D eigenvalue weighted by atomic mass is 10.2. The maximum Gasteiger partial charge on any atom is 0.263 e. The summed E-state index contributed by atoms with van der Waals surface area (Å²) in [5.74, 6) is -0.260. The maximum atomic E-state index is 10.6. The van der Waals surface area contributed by atoms with Gasteiger partial charge in [0.25, 0.3) is 5.91 Å². The van der Waals surface area contributed by atoms with E-state index in [1.54, 1.807) is 13.8 Å². The fourth-order valence-electron chi connectivity index (χ4n) is 0.260. The van der Waals surface area contributed by atoms with E-state index in [4.69, 9.17) is 0 Å². The second-order valence-corrected chi connectivity index (χ2v) is 3.19. The van der Waals surface area contributed by atoms with E-state index >= 15 is 0 Å². The van der Waals surface area contributed by atoms with Gasteiger partial charge < -0.3 is 4.55 Å². The molecule has 4 heteroatoms. The standard InChI is InChI=1S/C5H11NO2S/c1-4(2)5(7)6-9(3)8/h4H,1-3H3,(H,6,7). The predicted molar refractivity (Wildman–Crippen MR) is 37.0 cm³/mol. The lowest BCUT2D eigenvalue weighted by Crippen LogP contribution is -2.32. The minimum Gasteiger partial charge on any atom is -0.593 e. The van der Waals surface area contributed by atoms with Crippen molar-refractivity contribution in [2.45, 2.75) is 13.8 Å². The molecule has 0 radical (unpaired) electrons. The van der Waals surface area contributed by atoms with Crippen LogP contribution in [0.2, 0.25) is 0 Å². The molecule has 0 aromatic rings. The Morgan fingerprint density at radius 2 is 2.11 bits per heavy atom. The van der Waals surface area contributed by atoms with Crippen LogP contribution in [0.5, 0.6) is 0 Å². The molecule has 54 valence electrons. The highest BCUT2D eigenvalue weighted by atomic mass is 32.2. The Morgan fingerprint density at radius 3 is 2.22 bits per heavy atom. The van der Waals surface area contributed by atoms with Gasteiger partial charge in [0.1, 0.15) is 6.26 Å². The molecule has 1 unspecified atom stereocenters. The molecule has 0 fully saturated rings. The highest BCUT2D eigenvalue weighted by Crippen LogP contribution is 1.91. The van der Waals surface area contributed by atoms with Crippen LogP contribution >= 0.6 is 0 Å². The van der Waals surface area contributed by atoms with E-state index in [-0.39, 0.29) is 11.8 Å². The molecule has 0 saturated heterocycles. The molecule has 1 atom stereocenters. The van der Waals surface area contributed by atoms with Crippen LogP contribution in [0, 0.1) is 5.92 Å². The average Bonchev–Trinajstić information content (AvgIpc) is 1.63. The van der Waals surface area contributed by atoms with Gasteiger partial charge in [-0.25, -0.2) is 0 Å². The van der Waals surface area contributed by atoms with Crippen molar-refractivity contribution in [3.63, 3.8) is 0 Å². The molecule has 3 nitrogen and oxygen atoms in total. The van der Waals surface area contributed by atoms with E-state index in [1.165, 1.54) is 6.26 Å². The summed E-state index contributed by atoms with van der Waals surface area (Å²) >= 11 is -1.22. The van der Waals surface area contributed by atoms with Gasteiger partial charge in [-0.15, -0.1) is 0 Å². The number of nitrogens with one attached hydrogen (secondary N) is 1. The van der Waals surface area contributed by atoms with Crippen molar-refractivity contribution >= 4 is 17.3 Å². The summed E-state index contributed by atoms with van der Waals surface area (Å²) in [7, 11) is 0. The van der Waals surface area contributed by atoms with Crippen LogP contribution in [0.15, 0.2) is 0 Å². The third kappa shape index (κ3) is 4.29. The maximum absolute atomic E-state index is 10.6. The van der Waals surface area contributed by atoms with Crippen molar-refractivity contribution in [2.24, 2.45) is 5.92 Å². The van der Waals surface area contributed by atoms with Gasteiger partial charge >= 0.3 is 0 Å². The zero-order valence-corrected chi connectivity index (χ0v) is 6.62. The van der Waals surface area contributed by atoms with Gasteiger partial charge in [-0.1, -0.05) is 13.8 Å². The van der Waals surface area contributed by atoms with E-state index in [0.29, 0.717) is 0 Å². The lowest BCUT2D eigenvalue weighted by Gasteiger charge is -2.06. The van der Waals surface area contributed by atoms with Crippen LogP contribution in [0.4, 0.5) is 0 Å². The minimum absolute atomic E-state index is 0.0890. The fourth-order valence-corrected chi connectivity index (χ4v) is 0.779. The molecule has 0 aliphatic carbocycles. The third-order valence-electron chi connectivity index (χ3n) is 0.769. The zero-order valence-electron chi connectivity index (χ0n) is 5.80. The van der Waals surface area contributed by atoms with Gasteiger partial charge in [0, 0.05) is 5.92 Å². The first-order valence-corrected chi connectivity index (χ1v) is 4.23. The Kier molecular flexibility index (Phi) is 3.65. The second kappa shape index (κ2) is 3.74. The molecule has 0 aliphatic rings. The van der Waals surface area contributed by atoms with Crippen LogP contribution in [0.25, 0.3) is 0 Å². The van der Waals surface area contributed by atoms with E-state index in [0.717, 1.165) is 0 Å². The van der Waals surface area contributed by atoms with Crippen LogP contribution in [0.1, 0.15) is 13.8 Å². The molecule has 0 saturated carbocycles. The molecule has 1 N–H and O–H groups in total. The van der Waals surface area contributed by atoms with Crippen molar-refractivity contribution in [1.82, 2.24) is 4.72 Å². The zero-order chi connectivity index (χ0) is 7.44. The number of hydrogen-bond acceptors (Lipinski definition) is 2. The van der Waals surface area contributed by atoms with Gasteiger partial charge in [-0.05, 0) is 0 Å². The Labute approximate surface area is 58.1 Å². The summed E-state index contributed by atoms with van der Waals surface area (Å²) in [6.45, 7) is 3.50. The first-order valence-electron chi connectivity index (χ1n) is 2.68. The summed E-state index contributed by atoms with van der Waals surface area (Å²) in [6, 6.07) is 0. The van der Waals surface area contributed by atoms with E-state index in [1.807, 2.05) is 0 Å². The van der Waals surface area contributed by atoms with Crippen LogP contribution in [-0.4, -0.2) is 16.7 Å². The van der Waals surface area contributed by atoms with Crippen LogP contribution < -0.4 is 4.72 Å². The predicted octanol–water partition coefficient (Wildman–Crippen LogP) is 0.0521. The van der Waals surface area contributed by atoms with Gasteiger partial charge in [0.15, 0.2) is 0 Å². The first kappa shape index (κ1) is 8.78. The molecular weight excluding hydrogens is 138 g/mol. The van der Waals surface area contributed by atoms with Crippen molar-refractivity contribution in [1.29, 1.82) is 0 Å². The summed E-state index contributed by atoms with van der Waals surface area (Å²) in [5.41, 5.74) is 0. The topological polar surface area (TPSA) is 52.2 Å². The Morgan fingerprint density at radius 1 is 1.67 bits per heavy atom. The normalized spacial score (nSPS) is 13.4. The number of rotatable bonds is 2. The molecule has 0 aliphatic heterocycles. The minimum atomic E-state index is -1.22. The monoisotopic (exact) mass is 149 g/mol. The summed E-state index contributed by atoms with van der Waals surface area (Å²) in [4.78, 5) is 10.6. The molecule has 9 heavy (non-hydrogen) atoms. The van der Waals surface area contributed by atoms with Crippen LogP contribution in [-0.2, 0) is 16.2 Å². The Hall–Kier alpha value is -0.220. The van der Waals surface area contributed by atoms with E-state index in [9.17, 15) is 9.35 Å². The van der Waals surface area contributed by atoms with Crippen molar-refractivity contribution in [2.75, 3.05) is 6.26 Å². The number of hydrogen-bond donors (Lipinski definition) is 1. The molecule has 0 aromatic carbocycles. The quantitative estimate of drug-likeness (QED) is 0.564. The lowest BCUT2D eigenvalue weighted by molar-refractivity contribution is -0.122. The van der Waals surface area contributed by atoms with Gasteiger partial charge in [-0.3, -0.25) is 4.79 Å². The van der Waals surface area contributed by atoms with E-state index < -0.39 is 11.4 Å². The Balaban J connectivity index is 3.51. The number of carbonyl (C=O) groups excluding carboxylic acids is 1. The molecular formula is C5H11NO2S. The van der Waals surface area contributed by atoms with Gasteiger partial charge in [0.2, 0.25) is 0 Å². The summed E-state index contributed by atoms with van der Waals surface area (Å²) in [6.07, 6.45) is 1.43. The Bertz CT molecular complexity index is 103. The molecule has 1 amide bonds. The second-order valence-electron chi connectivity index (χ2n) is 2.08. The van der Waals surface area contributed by atoms with Crippen molar-refractivity contribution in [3.8, 4) is 0 Å². The van der Waals surface area contributed by atoms with Crippen molar-refractivity contribution in [3.05, 3.63) is 0 Å². The first-order chi connectivity index (χ1) is 4.04. The smallest absolute Gasteiger partial charge is 0.263 e. The largest absolute Gasteiger partial charge is 0.593 e. The highest BCUT2D eigenvalue weighted by Gasteiger charge is 2.09. The summed E-state index contributed by atoms with van der Waals surface area (Å²) in [5, 5.41) is 0. The highest BCUT2D eigenvalue weighted by molar-refractivity contribution is 7.89. The van der Waals surface area contributed by atoms with Gasteiger partial charge in [-0.2, -0.15) is 4.72 Å². The number of amides is 1. The molecule has 0 bridgehead atoms. The van der Waals surface area contributed by atoms with Crippen molar-refractivity contribution < 1.29 is 9.35 Å². The third-order valence-corrected chi connectivity index (χ3v) is 1.26. The molecule has 0 heterocycles. The van der Waals surface area contributed by atoms with Crippen LogP contribution in [0.3, 0.4) is 0 Å². The van der Waals surface area contributed by atoms with Gasteiger partial charge in [0.05, 0.1) is 11.4 Å². The SMILES string of the molecule is CC(C)C(=O)N[S+](C)[O-]. The molecule has 0 aromatic heterocycles. The van der Waals surface area contributed by atoms with E-state index in [2.05, 4.69) is 4.72 Å². The molecule has 0 spiro atoms.